The highest BCUT2D eigenvalue weighted by molar-refractivity contribution is 4.78. The molecule has 1 aliphatic rings. The molecule has 1 atom stereocenters. The highest BCUT2D eigenvalue weighted by atomic mass is 15.3. The molecule has 1 unspecified atom stereocenters. The topological polar surface area (TPSA) is 32.5 Å². The number of nitrogens with two attached hydrogens (primary N) is 1. The number of likely N-dealkylation sites (N-methyl/N-ethyl adjacent to an activating group) is 1. The van der Waals surface area contributed by atoms with E-state index in [9.17, 15) is 0 Å². The first kappa shape index (κ1) is 11.0. The average Bonchev–Trinajstić information content (AvgIpc) is 2.16. The minimum Gasteiger partial charge on any atom is -0.330 e. The first-order valence-electron chi connectivity index (χ1n) is 5.44. The second-order valence-corrected chi connectivity index (χ2v) is 3.92. The molecule has 1 saturated heterocycles. The van der Waals surface area contributed by atoms with Crippen LogP contribution in [0.5, 0.6) is 0 Å². The Morgan fingerprint density at radius 2 is 2.15 bits per heavy atom. The fraction of sp³-hybridized carbons (Fsp3) is 1.00. The zero-order chi connectivity index (χ0) is 9.68. The van der Waals surface area contributed by atoms with E-state index in [-0.39, 0.29) is 0 Å². The fourth-order valence-electron chi connectivity index (χ4n) is 1.98. The lowest BCUT2D eigenvalue weighted by Crippen LogP contribution is -2.51. The average molecular weight is 185 g/mol. The molecule has 0 aromatic rings. The number of nitrogens with zero attached hydrogens (tertiary/aromatic N) is 2. The van der Waals surface area contributed by atoms with Gasteiger partial charge in [0, 0.05) is 25.7 Å². The summed E-state index contributed by atoms with van der Waals surface area (Å²) in [4.78, 5) is 5.07. The summed E-state index contributed by atoms with van der Waals surface area (Å²) in [6, 6.07) is 0.709. The third kappa shape index (κ3) is 3.25. The van der Waals surface area contributed by atoms with E-state index in [4.69, 9.17) is 5.73 Å². The molecule has 0 saturated carbocycles. The van der Waals surface area contributed by atoms with Gasteiger partial charge < -0.3 is 10.6 Å². The third-order valence-electron chi connectivity index (χ3n) is 2.95. The van der Waals surface area contributed by atoms with Crippen molar-refractivity contribution in [2.75, 3.05) is 39.3 Å². The van der Waals surface area contributed by atoms with Gasteiger partial charge >= 0.3 is 0 Å². The molecule has 2 N–H and O–H groups in total. The smallest absolute Gasteiger partial charge is 0.0195 e. The third-order valence-corrected chi connectivity index (χ3v) is 2.95. The van der Waals surface area contributed by atoms with Gasteiger partial charge in [0.2, 0.25) is 0 Å². The lowest BCUT2D eigenvalue weighted by atomic mass is 10.2. The number of rotatable bonds is 4. The largest absolute Gasteiger partial charge is 0.330 e. The summed E-state index contributed by atoms with van der Waals surface area (Å²) in [5.41, 5.74) is 5.51. The Balaban J connectivity index is 2.26. The molecule has 1 rings (SSSR count). The molecule has 1 fully saturated rings. The maximum absolute atomic E-state index is 5.51. The highest BCUT2D eigenvalue weighted by Crippen LogP contribution is 2.08. The van der Waals surface area contributed by atoms with Gasteiger partial charge in [0.05, 0.1) is 0 Å². The van der Waals surface area contributed by atoms with Gasteiger partial charge in [-0.25, -0.2) is 0 Å². The van der Waals surface area contributed by atoms with Crippen molar-refractivity contribution in [3.63, 3.8) is 0 Å². The van der Waals surface area contributed by atoms with E-state index >= 15 is 0 Å². The van der Waals surface area contributed by atoms with Gasteiger partial charge in [-0.05, 0) is 33.0 Å². The molecule has 1 aliphatic heterocycles. The maximum atomic E-state index is 5.51. The van der Waals surface area contributed by atoms with E-state index in [2.05, 4.69) is 23.6 Å². The predicted molar refractivity (Wildman–Crippen MR) is 56.8 cm³/mol. The molecular weight excluding hydrogens is 162 g/mol. The van der Waals surface area contributed by atoms with Gasteiger partial charge in [-0.3, -0.25) is 4.90 Å². The van der Waals surface area contributed by atoms with E-state index in [0.717, 1.165) is 13.0 Å². The fourth-order valence-corrected chi connectivity index (χ4v) is 1.98. The summed E-state index contributed by atoms with van der Waals surface area (Å²) in [5, 5.41) is 0. The van der Waals surface area contributed by atoms with Gasteiger partial charge in [-0.1, -0.05) is 6.92 Å². The minimum absolute atomic E-state index is 0.709. The molecular formula is C10H23N3. The Morgan fingerprint density at radius 1 is 1.38 bits per heavy atom. The van der Waals surface area contributed by atoms with Crippen LogP contribution in [0, 0.1) is 0 Å². The molecule has 0 bridgehead atoms. The highest BCUT2D eigenvalue weighted by Gasteiger charge is 2.21. The molecule has 3 nitrogen and oxygen atoms in total. The molecule has 0 spiro atoms. The van der Waals surface area contributed by atoms with Crippen molar-refractivity contribution in [3.05, 3.63) is 0 Å². The van der Waals surface area contributed by atoms with E-state index in [0.29, 0.717) is 6.04 Å². The number of piperazine rings is 1. The zero-order valence-electron chi connectivity index (χ0n) is 9.00. The van der Waals surface area contributed by atoms with Crippen molar-refractivity contribution >= 4 is 0 Å². The van der Waals surface area contributed by atoms with Crippen molar-refractivity contribution < 1.29 is 0 Å². The van der Waals surface area contributed by atoms with Crippen molar-refractivity contribution in [1.29, 1.82) is 0 Å². The van der Waals surface area contributed by atoms with Gasteiger partial charge in [0.15, 0.2) is 0 Å². The lowest BCUT2D eigenvalue weighted by Gasteiger charge is -2.39. The lowest BCUT2D eigenvalue weighted by molar-refractivity contribution is 0.0867. The molecule has 3 heteroatoms. The first-order chi connectivity index (χ1) is 6.27. The molecule has 0 radical (unpaired) electrons. The van der Waals surface area contributed by atoms with Crippen LogP contribution in [0.15, 0.2) is 0 Å². The predicted octanol–water partition coefficient (Wildman–Crippen LogP) is 0.361. The van der Waals surface area contributed by atoms with E-state index in [1.807, 2.05) is 0 Å². The van der Waals surface area contributed by atoms with Gasteiger partial charge in [0.1, 0.15) is 0 Å². The Hall–Kier alpha value is -0.120. The molecule has 0 aromatic heterocycles. The summed E-state index contributed by atoms with van der Waals surface area (Å²) < 4.78 is 0. The van der Waals surface area contributed by atoms with Crippen LogP contribution < -0.4 is 5.73 Å². The molecule has 1 heterocycles. The Kier molecular flexibility index (Phi) is 4.70. The summed E-state index contributed by atoms with van der Waals surface area (Å²) >= 11 is 0. The van der Waals surface area contributed by atoms with Crippen LogP contribution in [0.1, 0.15) is 20.3 Å². The summed E-state index contributed by atoms with van der Waals surface area (Å²) in [7, 11) is 0. The molecule has 0 aromatic carbocycles. The van der Waals surface area contributed by atoms with Crippen molar-refractivity contribution in [2.24, 2.45) is 5.73 Å². The first-order valence-corrected chi connectivity index (χ1v) is 5.44. The number of hydrogen-bond acceptors (Lipinski definition) is 3. The molecule has 0 amide bonds. The minimum atomic E-state index is 0.709. The van der Waals surface area contributed by atoms with Gasteiger partial charge in [-0.2, -0.15) is 0 Å². The van der Waals surface area contributed by atoms with Crippen molar-refractivity contribution in [2.45, 2.75) is 26.3 Å². The van der Waals surface area contributed by atoms with Crippen LogP contribution in [0.25, 0.3) is 0 Å². The SMILES string of the molecule is CCN1CCN(CCCN)C(C)C1. The van der Waals surface area contributed by atoms with Gasteiger partial charge in [0.25, 0.3) is 0 Å². The second kappa shape index (κ2) is 5.58. The summed E-state index contributed by atoms with van der Waals surface area (Å²) in [5.74, 6) is 0. The van der Waals surface area contributed by atoms with Gasteiger partial charge in [-0.15, -0.1) is 0 Å². The maximum Gasteiger partial charge on any atom is 0.0195 e. The Labute approximate surface area is 81.9 Å². The molecule has 0 aliphatic carbocycles. The van der Waals surface area contributed by atoms with E-state index < -0.39 is 0 Å². The van der Waals surface area contributed by atoms with E-state index in [1.54, 1.807) is 0 Å². The normalized spacial score (nSPS) is 26.5. The van der Waals surface area contributed by atoms with Crippen LogP contribution in [0.2, 0.25) is 0 Å². The van der Waals surface area contributed by atoms with E-state index in [1.165, 1.54) is 32.7 Å². The van der Waals surface area contributed by atoms with Crippen molar-refractivity contribution in [1.82, 2.24) is 9.80 Å². The Bertz CT molecular complexity index is 138. The monoisotopic (exact) mass is 185 g/mol. The van der Waals surface area contributed by atoms with Crippen LogP contribution in [0.4, 0.5) is 0 Å². The molecule has 78 valence electrons. The van der Waals surface area contributed by atoms with Crippen molar-refractivity contribution in [3.8, 4) is 0 Å². The number of hydrogen-bond donors (Lipinski definition) is 1. The van der Waals surface area contributed by atoms with Crippen LogP contribution >= 0.6 is 0 Å². The molecule has 13 heavy (non-hydrogen) atoms. The zero-order valence-corrected chi connectivity index (χ0v) is 9.00. The van der Waals surface area contributed by atoms with Crippen LogP contribution in [-0.2, 0) is 0 Å². The van der Waals surface area contributed by atoms with Crippen LogP contribution in [-0.4, -0.2) is 55.1 Å². The summed E-state index contributed by atoms with van der Waals surface area (Å²) in [6.45, 7) is 11.4. The van der Waals surface area contributed by atoms with Crippen LogP contribution in [0.3, 0.4) is 0 Å². The quantitative estimate of drug-likeness (QED) is 0.686. The standard InChI is InChI=1S/C10H23N3/c1-3-12-7-8-13(6-4-5-11)10(2)9-12/h10H,3-9,11H2,1-2H3. The second-order valence-electron chi connectivity index (χ2n) is 3.92. The Morgan fingerprint density at radius 3 is 2.69 bits per heavy atom. The summed E-state index contributed by atoms with van der Waals surface area (Å²) in [6.07, 6.45) is 1.14.